The Labute approximate surface area is 115 Å². The molecule has 0 aromatic heterocycles. The maximum Gasteiger partial charge on any atom is 0.227 e. The highest BCUT2D eigenvalue weighted by atomic mass is 32.2. The predicted octanol–water partition coefficient (Wildman–Crippen LogP) is 1.11. The second kappa shape index (κ2) is 5.40. The molecule has 1 saturated carbocycles. The van der Waals surface area contributed by atoms with E-state index in [1.807, 2.05) is 13.8 Å². The van der Waals surface area contributed by atoms with Crippen LogP contribution in [0.1, 0.15) is 46.0 Å². The van der Waals surface area contributed by atoms with Crippen molar-refractivity contribution in [1.82, 2.24) is 9.62 Å². The highest BCUT2D eigenvalue weighted by Gasteiger charge is 2.54. The normalized spacial score (nSPS) is 34.5. The van der Waals surface area contributed by atoms with Gasteiger partial charge < -0.3 is 5.32 Å². The van der Waals surface area contributed by atoms with Gasteiger partial charge in [0.15, 0.2) is 0 Å². The minimum Gasteiger partial charge on any atom is -0.356 e. The van der Waals surface area contributed by atoms with Crippen LogP contribution in [0.15, 0.2) is 0 Å². The van der Waals surface area contributed by atoms with Crippen LogP contribution in [0.4, 0.5) is 0 Å². The van der Waals surface area contributed by atoms with E-state index in [1.54, 1.807) is 4.31 Å². The predicted molar refractivity (Wildman–Crippen MR) is 74.2 cm³/mol. The van der Waals surface area contributed by atoms with Crippen molar-refractivity contribution >= 4 is 15.9 Å². The van der Waals surface area contributed by atoms with Gasteiger partial charge in [-0.1, -0.05) is 19.8 Å². The summed E-state index contributed by atoms with van der Waals surface area (Å²) in [7, 11) is -3.18. The smallest absolute Gasteiger partial charge is 0.227 e. The Morgan fingerprint density at radius 3 is 2.68 bits per heavy atom. The number of nitrogens with zero attached hydrogens (tertiary/aromatic N) is 1. The van der Waals surface area contributed by atoms with Gasteiger partial charge in [0, 0.05) is 19.1 Å². The summed E-state index contributed by atoms with van der Waals surface area (Å²) in [5, 5.41) is 2.92. The van der Waals surface area contributed by atoms with Crippen LogP contribution >= 0.6 is 0 Å². The van der Waals surface area contributed by atoms with Gasteiger partial charge in [0.1, 0.15) is 0 Å². The molecule has 1 heterocycles. The van der Waals surface area contributed by atoms with Gasteiger partial charge in [0.25, 0.3) is 0 Å². The third-order valence-corrected chi connectivity index (χ3v) is 6.55. The largest absolute Gasteiger partial charge is 0.356 e. The fourth-order valence-electron chi connectivity index (χ4n) is 3.69. The quantitative estimate of drug-likeness (QED) is 0.846. The molecule has 0 aromatic carbocycles. The molecule has 110 valence electrons. The average Bonchev–Trinajstić information content (AvgIpc) is 2.38. The molecule has 19 heavy (non-hydrogen) atoms. The summed E-state index contributed by atoms with van der Waals surface area (Å²) in [5.74, 6) is 0.155. The summed E-state index contributed by atoms with van der Waals surface area (Å²) < 4.78 is 25.9. The standard InChI is InChI=1S/C13H24N2O3S/c1-3-14-12(16)13-8-6-5-7-11(13)15(4-2)19(17,18)10-9-13/h11H,3-10H2,1-2H3,(H,14,16)/t11-,13-/m1/s1. The second-order valence-corrected chi connectivity index (χ2v) is 7.59. The van der Waals surface area contributed by atoms with Crippen LogP contribution in [0, 0.1) is 5.41 Å². The third-order valence-electron chi connectivity index (χ3n) is 4.60. The summed E-state index contributed by atoms with van der Waals surface area (Å²) in [6.45, 7) is 4.84. The van der Waals surface area contributed by atoms with E-state index in [1.165, 1.54) is 0 Å². The van der Waals surface area contributed by atoms with Crippen molar-refractivity contribution in [3.8, 4) is 0 Å². The van der Waals surface area contributed by atoms with Crippen molar-refractivity contribution in [1.29, 1.82) is 0 Å². The summed E-state index contributed by atoms with van der Waals surface area (Å²) in [6, 6.07) is -0.142. The van der Waals surface area contributed by atoms with Crippen LogP contribution < -0.4 is 5.32 Å². The molecule has 0 bridgehead atoms. The molecule has 0 aromatic rings. The SMILES string of the molecule is CCNC(=O)[C@@]12CCCC[C@H]1N(CC)S(=O)(=O)CC2. The molecule has 1 saturated heterocycles. The Hall–Kier alpha value is -0.620. The Balaban J connectivity index is 2.37. The Morgan fingerprint density at radius 1 is 1.32 bits per heavy atom. The van der Waals surface area contributed by atoms with Crippen LogP contribution in [0.5, 0.6) is 0 Å². The first-order valence-electron chi connectivity index (χ1n) is 7.25. The fraction of sp³-hybridized carbons (Fsp3) is 0.923. The van der Waals surface area contributed by atoms with Crippen LogP contribution in [0.25, 0.3) is 0 Å². The molecule has 1 amide bonds. The molecule has 0 radical (unpaired) electrons. The molecule has 1 N–H and O–H groups in total. The topological polar surface area (TPSA) is 66.5 Å². The first-order valence-corrected chi connectivity index (χ1v) is 8.86. The highest BCUT2D eigenvalue weighted by Crippen LogP contribution is 2.46. The van der Waals surface area contributed by atoms with Gasteiger partial charge in [-0.25, -0.2) is 8.42 Å². The molecule has 2 atom stereocenters. The van der Waals surface area contributed by atoms with Crippen LogP contribution in [0.2, 0.25) is 0 Å². The Morgan fingerprint density at radius 2 is 2.05 bits per heavy atom. The number of amides is 1. The molecule has 2 aliphatic rings. The van der Waals surface area contributed by atoms with E-state index in [2.05, 4.69) is 5.32 Å². The van der Waals surface area contributed by atoms with Crippen molar-refractivity contribution in [3.63, 3.8) is 0 Å². The summed E-state index contributed by atoms with van der Waals surface area (Å²) >= 11 is 0. The van der Waals surface area contributed by atoms with E-state index in [0.717, 1.165) is 25.7 Å². The Kier molecular flexibility index (Phi) is 4.20. The first-order chi connectivity index (χ1) is 8.98. The molecule has 1 aliphatic heterocycles. The number of nitrogens with one attached hydrogen (secondary N) is 1. The molecule has 2 rings (SSSR count). The van der Waals surface area contributed by atoms with Gasteiger partial charge in [0.2, 0.25) is 15.9 Å². The van der Waals surface area contributed by atoms with Gasteiger partial charge in [-0.15, -0.1) is 0 Å². The molecule has 5 nitrogen and oxygen atoms in total. The van der Waals surface area contributed by atoms with Crippen molar-refractivity contribution in [2.75, 3.05) is 18.8 Å². The minimum atomic E-state index is -3.18. The lowest BCUT2D eigenvalue weighted by Crippen LogP contribution is -2.62. The maximum absolute atomic E-state index is 12.5. The zero-order chi connectivity index (χ0) is 14.1. The van der Waals surface area contributed by atoms with Gasteiger partial charge in [-0.3, -0.25) is 4.79 Å². The zero-order valence-corrected chi connectivity index (χ0v) is 12.6. The zero-order valence-electron chi connectivity index (χ0n) is 11.8. The van der Waals surface area contributed by atoms with Crippen molar-refractivity contribution in [2.45, 2.75) is 52.0 Å². The monoisotopic (exact) mass is 288 g/mol. The molecular weight excluding hydrogens is 264 g/mol. The molecule has 2 fully saturated rings. The van der Waals surface area contributed by atoms with Crippen molar-refractivity contribution in [2.24, 2.45) is 5.41 Å². The van der Waals surface area contributed by atoms with E-state index in [-0.39, 0.29) is 17.7 Å². The average molecular weight is 288 g/mol. The second-order valence-electron chi connectivity index (χ2n) is 5.55. The van der Waals surface area contributed by atoms with Crippen molar-refractivity contribution in [3.05, 3.63) is 0 Å². The number of carbonyl (C=O) groups is 1. The molecule has 1 aliphatic carbocycles. The highest BCUT2D eigenvalue weighted by molar-refractivity contribution is 7.89. The van der Waals surface area contributed by atoms with Gasteiger partial charge >= 0.3 is 0 Å². The number of sulfonamides is 1. The molecular formula is C13H24N2O3S. The maximum atomic E-state index is 12.5. The van der Waals surface area contributed by atoms with E-state index in [4.69, 9.17) is 0 Å². The number of rotatable bonds is 3. The van der Waals surface area contributed by atoms with Gasteiger partial charge in [0.05, 0.1) is 11.2 Å². The number of carbonyl (C=O) groups excluding carboxylic acids is 1. The van der Waals surface area contributed by atoms with E-state index >= 15 is 0 Å². The summed E-state index contributed by atoms with van der Waals surface area (Å²) in [6.07, 6.45) is 4.13. The third kappa shape index (κ3) is 2.40. The number of hydrogen-bond acceptors (Lipinski definition) is 3. The number of fused-ring (bicyclic) bond motifs is 1. The minimum absolute atomic E-state index is 0.0491. The van der Waals surface area contributed by atoms with Crippen molar-refractivity contribution < 1.29 is 13.2 Å². The van der Waals surface area contributed by atoms with Crippen LogP contribution in [-0.4, -0.2) is 43.5 Å². The number of hydrogen-bond donors (Lipinski definition) is 1. The molecule has 0 unspecified atom stereocenters. The lowest BCUT2D eigenvalue weighted by molar-refractivity contribution is -0.137. The fourth-order valence-corrected chi connectivity index (χ4v) is 5.63. The molecule has 6 heteroatoms. The Bertz CT molecular complexity index is 449. The summed E-state index contributed by atoms with van der Waals surface area (Å²) in [4.78, 5) is 12.5. The van der Waals surface area contributed by atoms with Gasteiger partial charge in [-0.05, 0) is 26.2 Å². The van der Waals surface area contributed by atoms with Crippen LogP contribution in [0.3, 0.4) is 0 Å². The molecule has 0 spiro atoms. The van der Waals surface area contributed by atoms with E-state index < -0.39 is 15.4 Å². The van der Waals surface area contributed by atoms with E-state index in [9.17, 15) is 13.2 Å². The van der Waals surface area contributed by atoms with E-state index in [0.29, 0.717) is 19.5 Å². The first kappa shape index (κ1) is 14.8. The van der Waals surface area contributed by atoms with Gasteiger partial charge in [-0.2, -0.15) is 4.31 Å². The lowest BCUT2D eigenvalue weighted by Gasteiger charge is -2.50. The van der Waals surface area contributed by atoms with Crippen LogP contribution in [-0.2, 0) is 14.8 Å². The lowest BCUT2D eigenvalue weighted by atomic mass is 9.67. The summed E-state index contributed by atoms with van der Waals surface area (Å²) in [5.41, 5.74) is -0.490.